The second kappa shape index (κ2) is 2.94. The fourth-order valence-corrected chi connectivity index (χ4v) is 3.91. The number of fused-ring (bicyclic) bond motifs is 3. The van der Waals surface area contributed by atoms with Gasteiger partial charge in [-0.3, -0.25) is 9.20 Å². The Hall–Kier alpha value is -1.16. The van der Waals surface area contributed by atoms with E-state index in [0.717, 1.165) is 29.1 Å². The van der Waals surface area contributed by atoms with Crippen LogP contribution in [0.4, 0.5) is 0 Å². The lowest BCUT2D eigenvalue weighted by Gasteiger charge is -1.97. The monoisotopic (exact) mass is 232 g/mol. The van der Waals surface area contributed by atoms with E-state index < -0.39 is 0 Å². The minimum Gasteiger partial charge on any atom is -0.296 e. The van der Waals surface area contributed by atoms with Gasteiger partial charge in [0.1, 0.15) is 5.69 Å². The van der Waals surface area contributed by atoms with Gasteiger partial charge in [0.15, 0.2) is 11.2 Å². The predicted molar refractivity (Wildman–Crippen MR) is 62.5 cm³/mol. The zero-order chi connectivity index (χ0) is 10.7. The molecule has 0 radical (unpaired) electrons. The Labute approximate surface area is 97.1 Å². The van der Waals surface area contributed by atoms with Crippen LogP contribution in [-0.2, 0) is 12.8 Å². The lowest BCUT2D eigenvalue weighted by Crippen LogP contribution is -1.96. The highest BCUT2D eigenvalue weighted by Gasteiger charge is 2.32. The second-order valence-corrected chi connectivity index (χ2v) is 5.78. The number of hydrogen-bond acceptors (Lipinski definition) is 3. The topological polar surface area (TPSA) is 34.4 Å². The van der Waals surface area contributed by atoms with Crippen molar-refractivity contribution in [1.82, 2.24) is 9.38 Å². The van der Waals surface area contributed by atoms with E-state index in [9.17, 15) is 4.79 Å². The second-order valence-electron chi connectivity index (χ2n) is 4.72. The SMILES string of the molecule is O=Cc1c(C2CC2)nc2sc3c(n12)CCC3. The van der Waals surface area contributed by atoms with E-state index in [1.807, 2.05) is 0 Å². The fraction of sp³-hybridized carbons (Fsp3) is 0.500. The van der Waals surface area contributed by atoms with Crippen LogP contribution in [0.1, 0.15) is 51.9 Å². The fourth-order valence-electron chi connectivity index (χ4n) is 2.68. The summed E-state index contributed by atoms with van der Waals surface area (Å²) in [5.74, 6) is 0.560. The van der Waals surface area contributed by atoms with Gasteiger partial charge in [-0.1, -0.05) is 0 Å². The van der Waals surface area contributed by atoms with E-state index in [1.54, 1.807) is 11.3 Å². The van der Waals surface area contributed by atoms with Crippen molar-refractivity contribution in [1.29, 1.82) is 0 Å². The number of imidazole rings is 1. The smallest absolute Gasteiger partial charge is 0.194 e. The molecule has 16 heavy (non-hydrogen) atoms. The molecule has 2 heterocycles. The van der Waals surface area contributed by atoms with Crippen LogP contribution >= 0.6 is 11.3 Å². The average molecular weight is 232 g/mol. The van der Waals surface area contributed by atoms with Crippen molar-refractivity contribution in [3.8, 4) is 0 Å². The summed E-state index contributed by atoms with van der Waals surface area (Å²) in [7, 11) is 0. The van der Waals surface area contributed by atoms with Gasteiger partial charge >= 0.3 is 0 Å². The quantitative estimate of drug-likeness (QED) is 0.746. The summed E-state index contributed by atoms with van der Waals surface area (Å²) in [6.45, 7) is 0. The van der Waals surface area contributed by atoms with Crippen molar-refractivity contribution in [2.45, 2.75) is 38.0 Å². The first-order chi connectivity index (χ1) is 7.88. The zero-order valence-corrected chi connectivity index (χ0v) is 9.72. The van der Waals surface area contributed by atoms with Crippen LogP contribution in [0.5, 0.6) is 0 Å². The lowest BCUT2D eigenvalue weighted by atomic mass is 10.2. The first-order valence-corrected chi connectivity index (χ1v) is 6.68. The molecule has 0 atom stereocenters. The maximum absolute atomic E-state index is 11.3. The average Bonchev–Trinajstić information content (AvgIpc) is 2.79. The molecule has 4 rings (SSSR count). The number of aromatic nitrogens is 2. The van der Waals surface area contributed by atoms with Crippen LogP contribution in [-0.4, -0.2) is 15.7 Å². The number of aldehydes is 1. The summed E-state index contributed by atoms with van der Waals surface area (Å²) in [5.41, 5.74) is 3.23. The molecule has 1 saturated carbocycles. The summed E-state index contributed by atoms with van der Waals surface area (Å²) < 4.78 is 2.12. The third kappa shape index (κ3) is 1.03. The summed E-state index contributed by atoms with van der Waals surface area (Å²) >= 11 is 1.77. The Morgan fingerprint density at radius 2 is 2.25 bits per heavy atom. The molecule has 0 bridgehead atoms. The Kier molecular flexibility index (Phi) is 1.64. The molecule has 0 amide bonds. The Balaban J connectivity index is 2.05. The molecule has 0 aliphatic heterocycles. The molecule has 0 N–H and O–H groups in total. The first kappa shape index (κ1) is 8.93. The summed E-state index contributed by atoms with van der Waals surface area (Å²) in [5, 5.41) is 0. The minimum absolute atomic E-state index is 0.560. The van der Waals surface area contributed by atoms with Crippen LogP contribution < -0.4 is 0 Å². The van der Waals surface area contributed by atoms with Gasteiger partial charge in [0.05, 0.1) is 5.69 Å². The van der Waals surface area contributed by atoms with E-state index in [4.69, 9.17) is 0 Å². The van der Waals surface area contributed by atoms with Gasteiger partial charge in [0.25, 0.3) is 0 Å². The lowest BCUT2D eigenvalue weighted by molar-refractivity contribution is 0.111. The Morgan fingerprint density at radius 3 is 3.00 bits per heavy atom. The zero-order valence-electron chi connectivity index (χ0n) is 8.90. The molecule has 82 valence electrons. The van der Waals surface area contributed by atoms with Crippen molar-refractivity contribution in [3.63, 3.8) is 0 Å². The highest BCUT2D eigenvalue weighted by atomic mass is 32.1. The standard InChI is InChI=1S/C12H12N2OS/c15-6-9-11(7-4-5-7)13-12-14(9)8-2-1-3-10(8)16-12/h6-7H,1-5H2. The van der Waals surface area contributed by atoms with E-state index in [2.05, 4.69) is 9.38 Å². The first-order valence-electron chi connectivity index (χ1n) is 5.86. The third-order valence-corrected chi connectivity index (χ3v) is 4.75. The van der Waals surface area contributed by atoms with E-state index in [-0.39, 0.29) is 0 Å². The van der Waals surface area contributed by atoms with Gasteiger partial charge in [-0.25, -0.2) is 4.98 Å². The van der Waals surface area contributed by atoms with Crippen molar-refractivity contribution >= 4 is 22.6 Å². The normalized spacial score (nSPS) is 19.2. The van der Waals surface area contributed by atoms with Gasteiger partial charge in [0.2, 0.25) is 0 Å². The van der Waals surface area contributed by atoms with Crippen molar-refractivity contribution in [3.05, 3.63) is 22.0 Å². The number of carbonyl (C=O) groups excluding carboxylic acids is 1. The number of rotatable bonds is 2. The molecular weight excluding hydrogens is 220 g/mol. The number of nitrogens with zero attached hydrogens (tertiary/aromatic N) is 2. The number of hydrogen-bond donors (Lipinski definition) is 0. The van der Waals surface area contributed by atoms with E-state index >= 15 is 0 Å². The highest BCUT2D eigenvalue weighted by molar-refractivity contribution is 7.17. The molecule has 0 spiro atoms. The van der Waals surface area contributed by atoms with E-state index in [1.165, 1.54) is 36.3 Å². The van der Waals surface area contributed by atoms with Gasteiger partial charge < -0.3 is 0 Å². The Morgan fingerprint density at radius 1 is 1.38 bits per heavy atom. The van der Waals surface area contributed by atoms with Crippen molar-refractivity contribution < 1.29 is 4.79 Å². The summed E-state index contributed by atoms with van der Waals surface area (Å²) in [6.07, 6.45) is 6.91. The minimum atomic E-state index is 0.560. The largest absolute Gasteiger partial charge is 0.296 e. The number of thiazole rings is 1. The summed E-state index contributed by atoms with van der Waals surface area (Å²) in [6, 6.07) is 0. The molecule has 2 aliphatic rings. The highest BCUT2D eigenvalue weighted by Crippen LogP contribution is 2.43. The van der Waals surface area contributed by atoms with Crippen LogP contribution in [0.2, 0.25) is 0 Å². The van der Waals surface area contributed by atoms with Crippen molar-refractivity contribution in [2.75, 3.05) is 0 Å². The molecule has 2 aliphatic carbocycles. The van der Waals surface area contributed by atoms with Gasteiger partial charge in [-0.2, -0.15) is 0 Å². The van der Waals surface area contributed by atoms with Crippen LogP contribution in [0, 0.1) is 0 Å². The van der Waals surface area contributed by atoms with Crippen LogP contribution in [0.15, 0.2) is 0 Å². The van der Waals surface area contributed by atoms with Crippen molar-refractivity contribution in [2.24, 2.45) is 0 Å². The predicted octanol–water partition coefficient (Wildman–Crippen LogP) is 2.57. The molecule has 1 fully saturated rings. The Bertz CT molecular complexity index is 592. The molecule has 0 aromatic carbocycles. The molecule has 2 aromatic rings. The van der Waals surface area contributed by atoms with E-state index in [0.29, 0.717) is 5.92 Å². The third-order valence-electron chi connectivity index (χ3n) is 3.61. The number of carbonyl (C=O) groups is 1. The van der Waals surface area contributed by atoms with Crippen LogP contribution in [0.3, 0.4) is 0 Å². The number of aryl methyl sites for hydroxylation is 2. The maximum atomic E-state index is 11.3. The molecule has 2 aromatic heterocycles. The summed E-state index contributed by atoms with van der Waals surface area (Å²) in [4.78, 5) is 18.4. The molecule has 0 unspecified atom stereocenters. The van der Waals surface area contributed by atoms with Gasteiger partial charge in [-0.15, -0.1) is 11.3 Å². The maximum Gasteiger partial charge on any atom is 0.194 e. The van der Waals surface area contributed by atoms with Gasteiger partial charge in [-0.05, 0) is 32.1 Å². The molecule has 0 saturated heterocycles. The molecule has 4 heteroatoms. The van der Waals surface area contributed by atoms with Crippen LogP contribution in [0.25, 0.3) is 4.96 Å². The molecule has 3 nitrogen and oxygen atoms in total. The van der Waals surface area contributed by atoms with Gasteiger partial charge in [0, 0.05) is 16.5 Å². The molecular formula is C12H12N2OS.